The number of halogens is 3. The van der Waals surface area contributed by atoms with Crippen LogP contribution in [0.1, 0.15) is 54.4 Å². The molecule has 186 valence electrons. The van der Waals surface area contributed by atoms with E-state index in [9.17, 15) is 18.0 Å². The van der Waals surface area contributed by atoms with E-state index in [0.29, 0.717) is 54.8 Å². The minimum absolute atomic E-state index is 0.138. The highest BCUT2D eigenvalue weighted by molar-refractivity contribution is 5.95. The molecule has 1 atom stereocenters. The summed E-state index contributed by atoms with van der Waals surface area (Å²) in [6.07, 6.45) is -2.90. The molecule has 1 aliphatic heterocycles. The van der Waals surface area contributed by atoms with Gasteiger partial charge < -0.3 is 18.8 Å². The number of aromatic nitrogens is 2. The zero-order valence-electron chi connectivity index (χ0n) is 19.5. The van der Waals surface area contributed by atoms with Gasteiger partial charge in [-0.1, -0.05) is 0 Å². The monoisotopic (exact) mass is 489 g/mol. The zero-order valence-corrected chi connectivity index (χ0v) is 19.5. The average molecular weight is 489 g/mol. The molecule has 0 saturated carbocycles. The average Bonchev–Trinajstić information content (AvgIpc) is 3.35. The zero-order chi connectivity index (χ0) is 25.0. The fourth-order valence-electron chi connectivity index (χ4n) is 4.05. The van der Waals surface area contributed by atoms with E-state index < -0.39 is 11.7 Å². The van der Waals surface area contributed by atoms with Gasteiger partial charge in [0.15, 0.2) is 11.5 Å². The molecule has 1 saturated heterocycles. The van der Waals surface area contributed by atoms with E-state index in [1.165, 1.54) is 12.1 Å². The number of likely N-dealkylation sites (tertiary alicyclic amines) is 1. The number of hydrogen-bond donors (Lipinski definition) is 0. The highest BCUT2D eigenvalue weighted by Crippen LogP contribution is 2.33. The number of carbonyl (C=O) groups is 1. The van der Waals surface area contributed by atoms with Gasteiger partial charge in [0.25, 0.3) is 5.91 Å². The third-order valence-electron chi connectivity index (χ3n) is 5.75. The molecule has 0 spiro atoms. The van der Waals surface area contributed by atoms with Crippen molar-refractivity contribution in [2.45, 2.75) is 38.8 Å². The standard InChI is InChI=1S/C25H26F3N3O4/c1-3-33-20-12-9-17(14-21(20)34-4-2)24(32)31-13-5-6-18(15-31)23-30-29-22(35-23)16-7-10-19(11-8-16)25(26,27)28/h7-12,14,18H,3-6,13,15H2,1-2H3. The van der Waals surface area contributed by atoms with E-state index in [1.54, 1.807) is 23.1 Å². The van der Waals surface area contributed by atoms with E-state index >= 15 is 0 Å². The molecule has 7 nitrogen and oxygen atoms in total. The molecule has 0 bridgehead atoms. The van der Waals surface area contributed by atoms with E-state index in [2.05, 4.69) is 10.2 Å². The molecule has 1 fully saturated rings. The Labute approximate surface area is 200 Å². The molecule has 1 aliphatic rings. The second-order valence-electron chi connectivity index (χ2n) is 8.14. The van der Waals surface area contributed by atoms with Crippen LogP contribution in [0.2, 0.25) is 0 Å². The number of carbonyl (C=O) groups excluding carboxylic acids is 1. The van der Waals surface area contributed by atoms with Crippen LogP contribution in [-0.2, 0) is 6.18 Å². The van der Waals surface area contributed by atoms with Crippen molar-refractivity contribution in [1.82, 2.24) is 15.1 Å². The van der Waals surface area contributed by atoms with E-state index in [4.69, 9.17) is 13.9 Å². The number of benzene rings is 2. The lowest BCUT2D eigenvalue weighted by molar-refractivity contribution is -0.137. The Morgan fingerprint density at radius 1 is 1.06 bits per heavy atom. The predicted molar refractivity (Wildman–Crippen MR) is 121 cm³/mol. The first-order valence-electron chi connectivity index (χ1n) is 11.5. The molecule has 10 heteroatoms. The highest BCUT2D eigenvalue weighted by Gasteiger charge is 2.31. The molecule has 0 aliphatic carbocycles. The Morgan fingerprint density at radius 2 is 1.77 bits per heavy atom. The molecule has 0 N–H and O–H groups in total. The summed E-state index contributed by atoms with van der Waals surface area (Å²) in [7, 11) is 0. The summed E-state index contributed by atoms with van der Waals surface area (Å²) < 4.78 is 55.4. The number of nitrogens with zero attached hydrogens (tertiary/aromatic N) is 3. The number of piperidine rings is 1. The Balaban J connectivity index is 1.47. The van der Waals surface area contributed by atoms with Crippen LogP contribution < -0.4 is 9.47 Å². The summed E-state index contributed by atoms with van der Waals surface area (Å²) >= 11 is 0. The second kappa shape index (κ2) is 10.4. The molecule has 2 aromatic carbocycles. The number of hydrogen-bond acceptors (Lipinski definition) is 6. The van der Waals surface area contributed by atoms with Crippen LogP contribution >= 0.6 is 0 Å². The van der Waals surface area contributed by atoms with Crippen molar-refractivity contribution >= 4 is 5.91 Å². The van der Waals surface area contributed by atoms with Gasteiger partial charge in [-0.2, -0.15) is 13.2 Å². The topological polar surface area (TPSA) is 77.7 Å². The van der Waals surface area contributed by atoms with Crippen LogP contribution in [0, 0.1) is 0 Å². The quantitative estimate of drug-likeness (QED) is 0.432. The Kier molecular flexibility index (Phi) is 7.28. The first-order valence-corrected chi connectivity index (χ1v) is 11.5. The van der Waals surface area contributed by atoms with Crippen molar-refractivity contribution in [2.75, 3.05) is 26.3 Å². The van der Waals surface area contributed by atoms with Crippen LogP contribution in [0.25, 0.3) is 11.5 Å². The van der Waals surface area contributed by atoms with Crippen LogP contribution in [0.4, 0.5) is 13.2 Å². The first kappa shape index (κ1) is 24.6. The maximum Gasteiger partial charge on any atom is 0.416 e. The van der Waals surface area contributed by atoms with Crippen molar-refractivity contribution in [3.8, 4) is 23.0 Å². The summed E-state index contributed by atoms with van der Waals surface area (Å²) in [4.78, 5) is 15.0. The van der Waals surface area contributed by atoms with Crippen molar-refractivity contribution < 1.29 is 31.9 Å². The van der Waals surface area contributed by atoms with E-state index in [0.717, 1.165) is 25.0 Å². The summed E-state index contributed by atoms with van der Waals surface area (Å²) in [5.41, 5.74) is 0.149. The van der Waals surface area contributed by atoms with E-state index in [-0.39, 0.29) is 17.7 Å². The molecule has 0 radical (unpaired) electrons. The molecule has 3 aromatic rings. The van der Waals surface area contributed by atoms with Gasteiger partial charge in [-0.15, -0.1) is 10.2 Å². The summed E-state index contributed by atoms with van der Waals surface area (Å²) in [6, 6.07) is 9.71. The van der Waals surface area contributed by atoms with Crippen LogP contribution in [-0.4, -0.2) is 47.3 Å². The fourth-order valence-corrected chi connectivity index (χ4v) is 4.05. The summed E-state index contributed by atoms with van der Waals surface area (Å²) in [5.74, 6) is 1.30. The normalized spacial score (nSPS) is 16.3. The smallest absolute Gasteiger partial charge is 0.416 e. The van der Waals surface area contributed by atoms with Crippen molar-refractivity contribution in [3.63, 3.8) is 0 Å². The van der Waals surface area contributed by atoms with Crippen LogP contribution in [0.15, 0.2) is 46.9 Å². The Morgan fingerprint density at radius 3 is 2.46 bits per heavy atom. The van der Waals surface area contributed by atoms with E-state index in [1.807, 2.05) is 13.8 Å². The molecule has 1 aromatic heterocycles. The number of alkyl halides is 3. The molecule has 4 rings (SSSR count). The van der Waals surface area contributed by atoms with Gasteiger partial charge in [0, 0.05) is 24.2 Å². The predicted octanol–water partition coefficient (Wildman–Crippen LogP) is 5.57. The summed E-state index contributed by atoms with van der Waals surface area (Å²) in [5, 5.41) is 8.12. The third kappa shape index (κ3) is 5.58. The summed E-state index contributed by atoms with van der Waals surface area (Å²) in [6.45, 7) is 5.66. The van der Waals surface area contributed by atoms with Gasteiger partial charge >= 0.3 is 6.18 Å². The van der Waals surface area contributed by atoms with Crippen molar-refractivity contribution in [2.24, 2.45) is 0 Å². The third-order valence-corrected chi connectivity index (χ3v) is 5.75. The van der Waals surface area contributed by atoms with Gasteiger partial charge in [0.05, 0.1) is 24.7 Å². The molecule has 1 amide bonds. The van der Waals surface area contributed by atoms with Gasteiger partial charge in [-0.25, -0.2) is 0 Å². The maximum atomic E-state index is 13.2. The van der Waals surface area contributed by atoms with Gasteiger partial charge in [0.1, 0.15) is 0 Å². The minimum Gasteiger partial charge on any atom is -0.490 e. The lowest BCUT2D eigenvalue weighted by Crippen LogP contribution is -2.39. The number of rotatable bonds is 7. The SMILES string of the molecule is CCOc1ccc(C(=O)N2CCCC(c3nnc(-c4ccc(C(F)(F)F)cc4)o3)C2)cc1OCC. The first-order chi connectivity index (χ1) is 16.8. The number of ether oxygens (including phenoxy) is 2. The van der Waals surface area contributed by atoms with Crippen molar-refractivity contribution in [1.29, 1.82) is 0 Å². The van der Waals surface area contributed by atoms with Crippen molar-refractivity contribution in [3.05, 3.63) is 59.5 Å². The van der Waals surface area contributed by atoms with Gasteiger partial charge in [0.2, 0.25) is 11.8 Å². The molecular formula is C25H26F3N3O4. The molecular weight excluding hydrogens is 463 g/mol. The Hall–Kier alpha value is -3.56. The minimum atomic E-state index is -4.41. The number of amides is 1. The lowest BCUT2D eigenvalue weighted by Gasteiger charge is -2.31. The van der Waals surface area contributed by atoms with Crippen LogP contribution in [0.3, 0.4) is 0 Å². The lowest BCUT2D eigenvalue weighted by atomic mass is 9.97. The maximum absolute atomic E-state index is 13.2. The Bertz CT molecular complexity index is 1160. The molecule has 35 heavy (non-hydrogen) atoms. The molecule has 1 unspecified atom stereocenters. The van der Waals surface area contributed by atoms with Gasteiger partial charge in [-0.3, -0.25) is 4.79 Å². The van der Waals surface area contributed by atoms with Crippen LogP contribution in [0.5, 0.6) is 11.5 Å². The molecule has 2 heterocycles. The van der Waals surface area contributed by atoms with Gasteiger partial charge in [-0.05, 0) is 69.2 Å². The fraction of sp³-hybridized carbons (Fsp3) is 0.400. The largest absolute Gasteiger partial charge is 0.490 e. The second-order valence-corrected chi connectivity index (χ2v) is 8.14. The highest BCUT2D eigenvalue weighted by atomic mass is 19.4.